The van der Waals surface area contributed by atoms with Gasteiger partial charge in [0, 0.05) is 26.2 Å². The molecule has 0 atom stereocenters. The van der Waals surface area contributed by atoms with E-state index in [0.717, 1.165) is 38.1 Å². The van der Waals surface area contributed by atoms with Gasteiger partial charge in [0.05, 0.1) is 17.1 Å². The van der Waals surface area contributed by atoms with Crippen LogP contribution in [0.1, 0.15) is 0 Å². The summed E-state index contributed by atoms with van der Waals surface area (Å²) in [6, 6.07) is 25.5. The second kappa shape index (κ2) is 8.17. The first-order valence-electron chi connectivity index (χ1n) is 9.67. The molecular formula is C25H16BrClN2O2. The second-order valence-corrected chi connectivity index (χ2v) is 8.48. The van der Waals surface area contributed by atoms with E-state index in [9.17, 15) is 4.79 Å². The zero-order valence-corrected chi connectivity index (χ0v) is 18.6. The number of carbonyl (C=O) groups excluding carboxylic acids is 1. The Labute approximate surface area is 193 Å². The molecule has 4 nitrogen and oxygen atoms in total. The summed E-state index contributed by atoms with van der Waals surface area (Å²) in [5.41, 5.74) is 6.01. The number of ether oxygens (including phenoxy) is 1. The fourth-order valence-electron chi connectivity index (χ4n) is 3.54. The Kier molecular flexibility index (Phi) is 5.22. The van der Waals surface area contributed by atoms with E-state index < -0.39 is 0 Å². The average molecular weight is 492 g/mol. The highest BCUT2D eigenvalue weighted by Crippen LogP contribution is 2.36. The lowest BCUT2D eigenvalue weighted by Crippen LogP contribution is -2.25. The summed E-state index contributed by atoms with van der Waals surface area (Å²) in [6.07, 6.45) is 0. The van der Waals surface area contributed by atoms with Crippen LogP contribution in [0.5, 0.6) is 5.75 Å². The van der Waals surface area contributed by atoms with Crippen molar-refractivity contribution < 1.29 is 9.53 Å². The van der Waals surface area contributed by atoms with E-state index in [4.69, 9.17) is 21.3 Å². The Bertz CT molecular complexity index is 1310. The first-order valence-corrected chi connectivity index (χ1v) is 10.8. The molecule has 0 saturated heterocycles. The quantitative estimate of drug-likeness (QED) is 0.342. The number of nitrogens with one attached hydrogen (secondary N) is 1. The van der Waals surface area contributed by atoms with Crippen molar-refractivity contribution >= 4 is 39.1 Å². The second-order valence-electron chi connectivity index (χ2n) is 7.16. The van der Waals surface area contributed by atoms with Crippen LogP contribution in [0.2, 0.25) is 5.02 Å². The highest BCUT2D eigenvalue weighted by molar-refractivity contribution is 9.10. The number of rotatable bonds is 3. The summed E-state index contributed by atoms with van der Waals surface area (Å²) in [5, 5.41) is 3.53. The summed E-state index contributed by atoms with van der Waals surface area (Å²) in [6.45, 7) is 0.0281. The first-order chi connectivity index (χ1) is 15.1. The van der Waals surface area contributed by atoms with Gasteiger partial charge in [-0.3, -0.25) is 4.79 Å². The van der Waals surface area contributed by atoms with E-state index in [1.54, 1.807) is 0 Å². The predicted octanol–water partition coefficient (Wildman–Crippen LogP) is 6.83. The topological polar surface area (TPSA) is 51.2 Å². The lowest BCUT2D eigenvalue weighted by molar-refractivity contribution is -0.118. The molecule has 1 amide bonds. The Balaban J connectivity index is 1.68. The number of halogens is 2. The Morgan fingerprint density at radius 1 is 0.871 bits per heavy atom. The fraction of sp³-hybridized carbons (Fsp3) is 0.0400. The third-order valence-corrected chi connectivity index (χ3v) is 5.92. The lowest BCUT2D eigenvalue weighted by atomic mass is 9.99. The number of fused-ring (bicyclic) bond motifs is 1. The zero-order chi connectivity index (χ0) is 21.4. The molecule has 0 radical (unpaired) electrons. The first kappa shape index (κ1) is 19.8. The van der Waals surface area contributed by atoms with Crippen molar-refractivity contribution in [3.63, 3.8) is 0 Å². The molecule has 2 heterocycles. The van der Waals surface area contributed by atoms with Gasteiger partial charge in [0.25, 0.3) is 5.91 Å². The maximum atomic E-state index is 11.7. The third kappa shape index (κ3) is 4.07. The number of nitrogens with zero attached hydrogens (tertiary/aromatic N) is 1. The number of hydrogen-bond acceptors (Lipinski definition) is 3. The summed E-state index contributed by atoms with van der Waals surface area (Å²) in [7, 11) is 0. The standard InChI is InChI=1S/C25H16BrClN2O2/c26-18-8-5-15(6-9-18)21-12-17(19-3-1-2-4-20(19)27)13-22(28-21)16-7-10-24-23(11-16)29-25(30)14-31-24/h1-13H,14H2,(H,29,30). The van der Waals surface area contributed by atoms with Crippen LogP contribution in [0.3, 0.4) is 0 Å². The molecule has 0 spiro atoms. The molecule has 0 aliphatic carbocycles. The predicted molar refractivity (Wildman–Crippen MR) is 127 cm³/mol. The molecule has 0 unspecified atom stereocenters. The molecule has 0 saturated carbocycles. The number of hydrogen-bond donors (Lipinski definition) is 1. The van der Waals surface area contributed by atoms with Crippen LogP contribution < -0.4 is 10.1 Å². The molecule has 0 bridgehead atoms. The average Bonchev–Trinajstić information content (AvgIpc) is 2.79. The van der Waals surface area contributed by atoms with E-state index in [0.29, 0.717) is 16.5 Å². The van der Waals surface area contributed by atoms with E-state index in [-0.39, 0.29) is 12.5 Å². The molecule has 31 heavy (non-hydrogen) atoms. The summed E-state index contributed by atoms with van der Waals surface area (Å²) in [4.78, 5) is 16.7. The van der Waals surface area contributed by atoms with Crippen LogP contribution in [-0.2, 0) is 4.79 Å². The zero-order valence-electron chi connectivity index (χ0n) is 16.2. The van der Waals surface area contributed by atoms with Crippen molar-refractivity contribution in [2.24, 2.45) is 0 Å². The monoisotopic (exact) mass is 490 g/mol. The Morgan fingerprint density at radius 2 is 1.58 bits per heavy atom. The molecule has 1 N–H and O–H groups in total. The van der Waals surface area contributed by atoms with Crippen LogP contribution in [0.4, 0.5) is 5.69 Å². The van der Waals surface area contributed by atoms with Gasteiger partial charge in [0.1, 0.15) is 5.75 Å². The molecule has 1 aliphatic heterocycles. The normalized spacial score (nSPS) is 12.6. The van der Waals surface area contributed by atoms with Gasteiger partial charge in [0.15, 0.2) is 6.61 Å². The minimum absolute atomic E-state index is 0.0281. The van der Waals surface area contributed by atoms with Gasteiger partial charge in [-0.2, -0.15) is 0 Å². The van der Waals surface area contributed by atoms with Crippen molar-refractivity contribution in [2.75, 3.05) is 11.9 Å². The highest BCUT2D eigenvalue weighted by atomic mass is 79.9. The molecule has 4 aromatic rings. The highest BCUT2D eigenvalue weighted by Gasteiger charge is 2.17. The molecule has 6 heteroatoms. The lowest BCUT2D eigenvalue weighted by Gasteiger charge is -2.19. The van der Waals surface area contributed by atoms with Crippen LogP contribution in [-0.4, -0.2) is 17.5 Å². The molecule has 152 valence electrons. The van der Waals surface area contributed by atoms with Crippen molar-refractivity contribution in [3.8, 4) is 39.4 Å². The minimum atomic E-state index is -0.169. The van der Waals surface area contributed by atoms with Gasteiger partial charge in [-0.25, -0.2) is 4.98 Å². The van der Waals surface area contributed by atoms with Crippen LogP contribution in [0.25, 0.3) is 33.6 Å². The van der Waals surface area contributed by atoms with Crippen molar-refractivity contribution in [3.05, 3.63) is 88.4 Å². The summed E-state index contributed by atoms with van der Waals surface area (Å²) >= 11 is 9.98. The minimum Gasteiger partial charge on any atom is -0.482 e. The number of carbonyl (C=O) groups is 1. The maximum absolute atomic E-state index is 11.7. The number of amides is 1. The van der Waals surface area contributed by atoms with Crippen molar-refractivity contribution in [1.29, 1.82) is 0 Å². The van der Waals surface area contributed by atoms with Gasteiger partial charge < -0.3 is 10.1 Å². The van der Waals surface area contributed by atoms with Gasteiger partial charge in [-0.1, -0.05) is 57.9 Å². The number of benzene rings is 3. The van der Waals surface area contributed by atoms with E-state index >= 15 is 0 Å². The SMILES string of the molecule is O=C1COc2ccc(-c3cc(-c4ccccc4Cl)cc(-c4ccc(Br)cc4)n3)cc2N1. The van der Waals surface area contributed by atoms with Gasteiger partial charge in [-0.05, 0) is 54.1 Å². The molecular weight excluding hydrogens is 476 g/mol. The van der Waals surface area contributed by atoms with E-state index in [2.05, 4.69) is 21.2 Å². The van der Waals surface area contributed by atoms with Crippen molar-refractivity contribution in [2.45, 2.75) is 0 Å². The molecule has 0 fully saturated rings. The summed E-state index contributed by atoms with van der Waals surface area (Å²) in [5.74, 6) is 0.483. The Hall–Kier alpha value is -3.15. The van der Waals surface area contributed by atoms with Crippen LogP contribution >= 0.6 is 27.5 Å². The van der Waals surface area contributed by atoms with Gasteiger partial charge >= 0.3 is 0 Å². The molecule has 3 aromatic carbocycles. The van der Waals surface area contributed by atoms with E-state index in [1.165, 1.54) is 0 Å². The molecule has 1 aliphatic rings. The number of aromatic nitrogens is 1. The largest absolute Gasteiger partial charge is 0.482 e. The molecule has 1 aromatic heterocycles. The third-order valence-electron chi connectivity index (χ3n) is 5.06. The molecule has 5 rings (SSSR count). The summed E-state index contributed by atoms with van der Waals surface area (Å²) < 4.78 is 6.49. The van der Waals surface area contributed by atoms with Crippen LogP contribution in [0.15, 0.2) is 83.3 Å². The maximum Gasteiger partial charge on any atom is 0.262 e. The van der Waals surface area contributed by atoms with Crippen molar-refractivity contribution in [1.82, 2.24) is 4.98 Å². The Morgan fingerprint density at radius 3 is 2.35 bits per heavy atom. The fourth-order valence-corrected chi connectivity index (χ4v) is 4.05. The van der Waals surface area contributed by atoms with E-state index in [1.807, 2.05) is 78.9 Å². The number of anilines is 1. The van der Waals surface area contributed by atoms with Gasteiger partial charge in [0.2, 0.25) is 0 Å². The van der Waals surface area contributed by atoms with Gasteiger partial charge in [-0.15, -0.1) is 0 Å². The van der Waals surface area contributed by atoms with Crippen LogP contribution in [0, 0.1) is 0 Å². The smallest absolute Gasteiger partial charge is 0.262 e. The number of pyridine rings is 1.